The molecule has 4 aromatic rings. The minimum atomic E-state index is -4.08. The first-order valence-corrected chi connectivity index (χ1v) is 14.2. The van der Waals surface area contributed by atoms with Crippen LogP contribution in [0.2, 0.25) is 5.02 Å². The van der Waals surface area contributed by atoms with Crippen molar-refractivity contribution in [2.45, 2.75) is 38.2 Å². The predicted molar refractivity (Wildman–Crippen MR) is 159 cm³/mol. The van der Waals surface area contributed by atoms with Crippen LogP contribution < -0.4 is 10.5 Å². The lowest BCUT2D eigenvalue weighted by Crippen LogP contribution is -2.21. The maximum absolute atomic E-state index is 10.5. The summed E-state index contributed by atoms with van der Waals surface area (Å²) in [6.07, 6.45) is 0.612. The van der Waals surface area contributed by atoms with E-state index in [0.717, 1.165) is 11.3 Å². The normalized spacial score (nSPS) is 12.3. The van der Waals surface area contributed by atoms with Crippen molar-refractivity contribution in [1.29, 1.82) is 0 Å². The lowest BCUT2D eigenvalue weighted by atomic mass is 10.0. The molecule has 39 heavy (non-hydrogen) atoms. The van der Waals surface area contributed by atoms with Gasteiger partial charge in [-0.05, 0) is 85.0 Å². The Morgan fingerprint density at radius 1 is 0.897 bits per heavy atom. The third-order valence-corrected chi connectivity index (χ3v) is 7.02. The van der Waals surface area contributed by atoms with Crippen LogP contribution in [0.5, 0.6) is 5.75 Å². The molecular weight excluding hydrogens is 532 g/mol. The Hall–Kier alpha value is -3.65. The van der Waals surface area contributed by atoms with Crippen LogP contribution in [0.15, 0.2) is 107 Å². The number of aryl methyl sites for hydroxylation is 2. The highest BCUT2D eigenvalue weighted by Crippen LogP contribution is 2.24. The van der Waals surface area contributed by atoms with Crippen molar-refractivity contribution in [2.75, 3.05) is 6.54 Å². The summed E-state index contributed by atoms with van der Waals surface area (Å²) in [4.78, 5) is 4.37. The van der Waals surface area contributed by atoms with E-state index in [1.807, 2.05) is 37.3 Å². The maximum atomic E-state index is 10.5. The lowest BCUT2D eigenvalue weighted by Gasteiger charge is -2.14. The van der Waals surface area contributed by atoms with Crippen molar-refractivity contribution in [3.63, 3.8) is 0 Å². The van der Waals surface area contributed by atoms with Gasteiger partial charge >= 0.3 is 0 Å². The van der Waals surface area contributed by atoms with E-state index >= 15 is 0 Å². The smallest absolute Gasteiger partial charge is 0.294 e. The molecule has 0 heterocycles. The second kappa shape index (κ2) is 13.9. The summed E-state index contributed by atoms with van der Waals surface area (Å²) in [6, 6.07) is 30.1. The van der Waals surface area contributed by atoms with Crippen LogP contribution in [0.3, 0.4) is 0 Å². The number of rotatable bonds is 8. The van der Waals surface area contributed by atoms with E-state index in [1.165, 1.54) is 46.5 Å². The van der Waals surface area contributed by atoms with E-state index in [4.69, 9.17) is 26.6 Å². The molecule has 0 spiro atoms. The summed E-state index contributed by atoms with van der Waals surface area (Å²) in [5, 5.41) is 0.428. The fraction of sp³-hybridized carbons (Fsp3) is 0.194. The van der Waals surface area contributed by atoms with E-state index in [2.05, 4.69) is 61.3 Å². The van der Waals surface area contributed by atoms with Crippen LogP contribution in [-0.4, -0.2) is 31.5 Å². The number of hydrogen-bond donors (Lipinski definition) is 2. The first-order chi connectivity index (χ1) is 18.5. The van der Waals surface area contributed by atoms with Crippen molar-refractivity contribution in [2.24, 2.45) is 10.7 Å². The van der Waals surface area contributed by atoms with E-state index < -0.39 is 10.1 Å². The van der Waals surface area contributed by atoms with E-state index in [9.17, 15) is 8.42 Å². The summed E-state index contributed by atoms with van der Waals surface area (Å²) < 4.78 is 35.5. The van der Waals surface area contributed by atoms with Gasteiger partial charge in [0.2, 0.25) is 0 Å². The molecule has 1 unspecified atom stereocenters. The van der Waals surface area contributed by atoms with Crippen LogP contribution >= 0.6 is 11.6 Å². The molecule has 1 atom stereocenters. The quantitative estimate of drug-likeness (QED) is 0.137. The number of amidine groups is 1. The number of benzene rings is 4. The van der Waals surface area contributed by atoms with Crippen molar-refractivity contribution in [1.82, 2.24) is 0 Å². The van der Waals surface area contributed by atoms with Crippen LogP contribution in [0.25, 0.3) is 11.1 Å². The average molecular weight is 565 g/mol. The Kier molecular flexibility index (Phi) is 10.7. The summed E-state index contributed by atoms with van der Waals surface area (Å²) >= 11 is 5.49. The van der Waals surface area contributed by atoms with Gasteiger partial charge in [-0.25, -0.2) is 0 Å². The Morgan fingerprint density at radius 3 is 2.21 bits per heavy atom. The predicted octanol–water partition coefficient (Wildman–Crippen LogP) is 6.92. The number of ether oxygens (including phenoxy) is 1. The van der Waals surface area contributed by atoms with Crippen LogP contribution in [0, 0.1) is 13.8 Å². The fourth-order valence-corrected chi connectivity index (χ4v) is 4.29. The molecule has 0 saturated carbocycles. The van der Waals surface area contributed by atoms with Gasteiger partial charge in [-0.3, -0.25) is 9.55 Å². The third kappa shape index (κ3) is 9.87. The molecule has 0 aliphatic carbocycles. The van der Waals surface area contributed by atoms with E-state index in [0.29, 0.717) is 23.8 Å². The van der Waals surface area contributed by atoms with Crippen molar-refractivity contribution in [3.05, 3.63) is 119 Å². The van der Waals surface area contributed by atoms with Gasteiger partial charge in [0, 0.05) is 11.4 Å². The van der Waals surface area contributed by atoms with Gasteiger partial charge in [0.25, 0.3) is 10.1 Å². The zero-order valence-corrected chi connectivity index (χ0v) is 23.8. The standard InChI is InChI=1S/C25H28N2O.C6H5ClO3S/c1-18-12-13-21(14-19(18)2)15-25(26)27-17-20(3)28-24-11-7-10-23(16-24)22-8-5-4-6-9-22;7-5-1-3-6(4-2-5)11(8,9)10/h4-14,16,20H,15,17H2,1-3H3,(H2,26,27);1-4H,(H,8,9,10). The molecule has 0 saturated heterocycles. The Bertz CT molecular complexity index is 1510. The molecule has 8 heteroatoms. The maximum Gasteiger partial charge on any atom is 0.294 e. The van der Waals surface area contributed by atoms with Crippen molar-refractivity contribution < 1.29 is 17.7 Å². The molecule has 0 aromatic heterocycles. The summed E-state index contributed by atoms with van der Waals surface area (Å²) in [5.41, 5.74) is 12.2. The first-order valence-electron chi connectivity index (χ1n) is 12.4. The fourth-order valence-electron chi connectivity index (χ4n) is 3.68. The SMILES string of the molecule is Cc1ccc(CC(N)=NCC(C)Oc2cccc(-c3ccccc3)c2)cc1C.O=S(=O)(O)c1ccc(Cl)cc1. The molecule has 204 valence electrons. The average Bonchev–Trinajstić information content (AvgIpc) is 2.90. The number of aliphatic imine (C=N–C) groups is 1. The number of nitrogens with two attached hydrogens (primary N) is 1. The number of hydrogen-bond acceptors (Lipinski definition) is 4. The molecule has 0 radical (unpaired) electrons. The van der Waals surface area contributed by atoms with Crippen molar-refractivity contribution >= 4 is 27.6 Å². The number of nitrogens with zero attached hydrogens (tertiary/aromatic N) is 1. The highest BCUT2D eigenvalue weighted by atomic mass is 35.5. The largest absolute Gasteiger partial charge is 0.489 e. The van der Waals surface area contributed by atoms with E-state index in [1.54, 1.807) is 0 Å². The van der Waals surface area contributed by atoms with E-state index in [-0.39, 0.29) is 11.0 Å². The Balaban J connectivity index is 0.000000320. The van der Waals surface area contributed by atoms with Gasteiger partial charge in [0.15, 0.2) is 0 Å². The molecule has 0 bridgehead atoms. The highest BCUT2D eigenvalue weighted by molar-refractivity contribution is 7.85. The molecule has 3 N–H and O–H groups in total. The molecule has 4 rings (SSSR count). The van der Waals surface area contributed by atoms with Gasteiger partial charge in [-0.15, -0.1) is 0 Å². The zero-order chi connectivity index (χ0) is 28.4. The zero-order valence-electron chi connectivity index (χ0n) is 22.2. The molecule has 0 fully saturated rings. The third-order valence-electron chi connectivity index (χ3n) is 5.90. The first kappa shape index (κ1) is 29.9. The van der Waals surface area contributed by atoms with Crippen LogP contribution in [0.1, 0.15) is 23.6 Å². The van der Waals surface area contributed by atoms with Crippen LogP contribution in [-0.2, 0) is 16.5 Å². The van der Waals surface area contributed by atoms with Gasteiger partial charge in [0.05, 0.1) is 17.3 Å². The minimum Gasteiger partial charge on any atom is -0.489 e. The van der Waals surface area contributed by atoms with Gasteiger partial charge in [-0.1, -0.05) is 72.3 Å². The topological polar surface area (TPSA) is 102 Å². The molecule has 0 aliphatic heterocycles. The van der Waals surface area contributed by atoms with Gasteiger partial charge in [-0.2, -0.15) is 8.42 Å². The lowest BCUT2D eigenvalue weighted by molar-refractivity contribution is 0.230. The molecule has 0 amide bonds. The minimum absolute atomic E-state index is 0.0515. The van der Waals surface area contributed by atoms with Gasteiger partial charge < -0.3 is 10.5 Å². The summed E-state index contributed by atoms with van der Waals surface area (Å²) in [7, 11) is -4.08. The molecular formula is C31H33ClN2O4S. The Morgan fingerprint density at radius 2 is 1.56 bits per heavy atom. The summed E-state index contributed by atoms with van der Waals surface area (Å²) in [5.74, 6) is 1.48. The van der Waals surface area contributed by atoms with Crippen LogP contribution in [0.4, 0.5) is 0 Å². The van der Waals surface area contributed by atoms with Gasteiger partial charge in [0.1, 0.15) is 11.9 Å². The Labute approximate surface area is 235 Å². The molecule has 4 aromatic carbocycles. The highest BCUT2D eigenvalue weighted by Gasteiger charge is 2.08. The monoisotopic (exact) mass is 564 g/mol. The molecule has 6 nitrogen and oxygen atoms in total. The molecule has 0 aliphatic rings. The second-order valence-electron chi connectivity index (χ2n) is 9.18. The second-order valence-corrected chi connectivity index (χ2v) is 11.0. The number of halogens is 1. The summed E-state index contributed by atoms with van der Waals surface area (Å²) in [6.45, 7) is 6.78. The van der Waals surface area contributed by atoms with Crippen molar-refractivity contribution in [3.8, 4) is 16.9 Å².